The van der Waals surface area contributed by atoms with Gasteiger partial charge >= 0.3 is 0 Å². The molecule has 0 amide bonds. The molecule has 0 saturated carbocycles. The maximum absolute atomic E-state index is 13.7. The van der Waals surface area contributed by atoms with Crippen LogP contribution in [-0.2, 0) is 19.4 Å². The van der Waals surface area contributed by atoms with E-state index in [1.807, 2.05) is 6.07 Å². The van der Waals surface area contributed by atoms with E-state index in [9.17, 15) is 4.39 Å². The van der Waals surface area contributed by atoms with E-state index in [-0.39, 0.29) is 5.82 Å². The molecule has 0 bridgehead atoms. The quantitative estimate of drug-likeness (QED) is 0.886. The summed E-state index contributed by atoms with van der Waals surface area (Å²) < 4.78 is 14.6. The second-order valence-corrected chi connectivity index (χ2v) is 6.24. The predicted molar refractivity (Wildman–Crippen MR) is 83.2 cm³/mol. The van der Waals surface area contributed by atoms with Crippen LogP contribution in [0.5, 0.6) is 0 Å². The third kappa shape index (κ3) is 3.10. The molecular weight excluding hydrogens is 317 g/mol. The minimum absolute atomic E-state index is 0.142. The van der Waals surface area contributed by atoms with Crippen molar-refractivity contribution in [2.45, 2.75) is 31.8 Å². The van der Waals surface area contributed by atoms with Gasteiger partial charge in [0, 0.05) is 22.6 Å². The van der Waals surface area contributed by atoms with Gasteiger partial charge < -0.3 is 5.32 Å². The Balaban J connectivity index is 1.64. The lowest BCUT2D eigenvalue weighted by molar-refractivity contribution is 0.451. The summed E-state index contributed by atoms with van der Waals surface area (Å²) in [4.78, 5) is 0. The highest BCUT2D eigenvalue weighted by atomic mass is 79.9. The number of rotatable bonds is 3. The van der Waals surface area contributed by atoms with Gasteiger partial charge in [0.1, 0.15) is 5.82 Å². The average molecular weight is 334 g/mol. The van der Waals surface area contributed by atoms with Crippen LogP contribution >= 0.6 is 15.9 Å². The van der Waals surface area contributed by atoms with E-state index in [4.69, 9.17) is 0 Å². The lowest BCUT2D eigenvalue weighted by atomic mass is 9.88. The fourth-order valence-electron chi connectivity index (χ4n) is 2.81. The van der Waals surface area contributed by atoms with Crippen molar-refractivity contribution in [3.63, 3.8) is 0 Å². The molecule has 1 aliphatic carbocycles. The Morgan fingerprint density at radius 3 is 2.80 bits per heavy atom. The SMILES string of the molecule is Fc1ccc(Br)cc1CNC1CCc2ccccc2C1. The molecule has 1 unspecified atom stereocenters. The van der Waals surface area contributed by atoms with Crippen molar-refractivity contribution >= 4 is 15.9 Å². The molecule has 0 aromatic heterocycles. The summed E-state index contributed by atoms with van der Waals surface area (Å²) in [6.07, 6.45) is 3.26. The Hall–Kier alpha value is -1.19. The van der Waals surface area contributed by atoms with Crippen molar-refractivity contribution in [3.8, 4) is 0 Å². The van der Waals surface area contributed by atoms with E-state index >= 15 is 0 Å². The number of aryl methyl sites for hydroxylation is 1. The molecule has 2 aromatic carbocycles. The Morgan fingerprint density at radius 1 is 1.15 bits per heavy atom. The topological polar surface area (TPSA) is 12.0 Å². The van der Waals surface area contributed by atoms with Crippen molar-refractivity contribution in [1.82, 2.24) is 5.32 Å². The van der Waals surface area contributed by atoms with E-state index in [0.717, 1.165) is 29.3 Å². The molecule has 0 aliphatic heterocycles. The first-order valence-electron chi connectivity index (χ1n) is 6.96. The van der Waals surface area contributed by atoms with Crippen molar-refractivity contribution in [2.24, 2.45) is 0 Å². The molecule has 20 heavy (non-hydrogen) atoms. The molecule has 3 rings (SSSR count). The van der Waals surface area contributed by atoms with Crippen LogP contribution in [0.25, 0.3) is 0 Å². The molecule has 0 fully saturated rings. The van der Waals surface area contributed by atoms with Crippen LogP contribution < -0.4 is 5.32 Å². The van der Waals surface area contributed by atoms with Crippen LogP contribution in [0, 0.1) is 5.82 Å². The van der Waals surface area contributed by atoms with Crippen LogP contribution in [0.4, 0.5) is 4.39 Å². The van der Waals surface area contributed by atoms with Crippen molar-refractivity contribution in [3.05, 3.63) is 69.4 Å². The van der Waals surface area contributed by atoms with Crippen molar-refractivity contribution in [2.75, 3.05) is 0 Å². The number of benzene rings is 2. The van der Waals surface area contributed by atoms with Gasteiger partial charge in [-0.15, -0.1) is 0 Å². The summed E-state index contributed by atoms with van der Waals surface area (Å²) in [6, 6.07) is 14.1. The summed E-state index contributed by atoms with van der Waals surface area (Å²) in [5, 5.41) is 3.49. The van der Waals surface area contributed by atoms with Gasteiger partial charge in [0.25, 0.3) is 0 Å². The normalized spacial score (nSPS) is 17.8. The molecule has 0 radical (unpaired) electrons. The Morgan fingerprint density at radius 2 is 1.95 bits per heavy atom. The second-order valence-electron chi connectivity index (χ2n) is 5.33. The summed E-state index contributed by atoms with van der Waals surface area (Å²) in [7, 11) is 0. The molecule has 0 heterocycles. The molecule has 1 N–H and O–H groups in total. The van der Waals surface area contributed by atoms with E-state index in [0.29, 0.717) is 12.6 Å². The van der Waals surface area contributed by atoms with Crippen LogP contribution in [0.15, 0.2) is 46.9 Å². The third-order valence-corrected chi connectivity index (χ3v) is 4.43. The van der Waals surface area contributed by atoms with Gasteiger partial charge in [-0.05, 0) is 48.6 Å². The lowest BCUT2D eigenvalue weighted by Crippen LogP contribution is -2.34. The van der Waals surface area contributed by atoms with Gasteiger partial charge in [0.05, 0.1) is 0 Å². The zero-order valence-electron chi connectivity index (χ0n) is 11.2. The molecule has 1 nitrogen and oxygen atoms in total. The zero-order valence-corrected chi connectivity index (χ0v) is 12.8. The van der Waals surface area contributed by atoms with Crippen LogP contribution in [0.2, 0.25) is 0 Å². The molecule has 104 valence electrons. The molecule has 2 aromatic rings. The van der Waals surface area contributed by atoms with Crippen LogP contribution in [0.3, 0.4) is 0 Å². The number of halogens is 2. The van der Waals surface area contributed by atoms with E-state index < -0.39 is 0 Å². The molecule has 0 saturated heterocycles. The first-order chi connectivity index (χ1) is 9.72. The van der Waals surface area contributed by atoms with Crippen LogP contribution in [-0.4, -0.2) is 6.04 Å². The number of fused-ring (bicyclic) bond motifs is 1. The highest BCUT2D eigenvalue weighted by Gasteiger charge is 2.17. The van der Waals surface area contributed by atoms with Gasteiger partial charge in [-0.3, -0.25) is 0 Å². The fraction of sp³-hybridized carbons (Fsp3) is 0.294. The summed E-state index contributed by atoms with van der Waals surface area (Å²) in [5.41, 5.74) is 3.60. The van der Waals surface area contributed by atoms with E-state index in [1.54, 1.807) is 6.07 Å². The maximum Gasteiger partial charge on any atom is 0.127 e. The monoisotopic (exact) mass is 333 g/mol. The minimum Gasteiger partial charge on any atom is -0.309 e. The van der Waals surface area contributed by atoms with E-state index in [2.05, 4.69) is 45.5 Å². The zero-order chi connectivity index (χ0) is 13.9. The number of nitrogens with one attached hydrogen (secondary N) is 1. The number of hydrogen-bond acceptors (Lipinski definition) is 1. The number of hydrogen-bond donors (Lipinski definition) is 1. The van der Waals surface area contributed by atoms with Gasteiger partial charge in [-0.25, -0.2) is 4.39 Å². The molecule has 1 atom stereocenters. The van der Waals surface area contributed by atoms with Gasteiger partial charge in [-0.1, -0.05) is 40.2 Å². The van der Waals surface area contributed by atoms with Gasteiger partial charge in [0.2, 0.25) is 0 Å². The Kier molecular flexibility index (Phi) is 4.18. The largest absolute Gasteiger partial charge is 0.309 e. The van der Waals surface area contributed by atoms with Crippen LogP contribution in [0.1, 0.15) is 23.1 Å². The maximum atomic E-state index is 13.7. The smallest absolute Gasteiger partial charge is 0.127 e. The summed E-state index contributed by atoms with van der Waals surface area (Å²) in [5.74, 6) is -0.142. The first-order valence-corrected chi connectivity index (χ1v) is 7.76. The van der Waals surface area contributed by atoms with Gasteiger partial charge in [-0.2, -0.15) is 0 Å². The summed E-state index contributed by atoms with van der Waals surface area (Å²) >= 11 is 3.39. The highest BCUT2D eigenvalue weighted by Crippen LogP contribution is 2.22. The average Bonchev–Trinajstić information content (AvgIpc) is 2.48. The minimum atomic E-state index is -0.142. The van der Waals surface area contributed by atoms with Gasteiger partial charge in [0.15, 0.2) is 0 Å². The molecule has 1 aliphatic rings. The van der Waals surface area contributed by atoms with Crippen molar-refractivity contribution < 1.29 is 4.39 Å². The molecule has 0 spiro atoms. The predicted octanol–water partition coefficient (Wildman–Crippen LogP) is 4.24. The third-order valence-electron chi connectivity index (χ3n) is 3.94. The van der Waals surface area contributed by atoms with E-state index in [1.165, 1.54) is 17.2 Å². The highest BCUT2D eigenvalue weighted by molar-refractivity contribution is 9.10. The molecule has 3 heteroatoms. The Labute approximate surface area is 127 Å². The lowest BCUT2D eigenvalue weighted by Gasteiger charge is -2.25. The fourth-order valence-corrected chi connectivity index (χ4v) is 3.21. The Bertz CT molecular complexity index is 612. The summed E-state index contributed by atoms with van der Waals surface area (Å²) in [6.45, 7) is 0.581. The van der Waals surface area contributed by atoms with Crippen molar-refractivity contribution in [1.29, 1.82) is 0 Å². The first kappa shape index (κ1) is 13.8. The standard InChI is InChI=1S/C17H17BrFN/c18-15-6-8-17(19)14(9-15)11-20-16-7-5-12-3-1-2-4-13(12)10-16/h1-4,6,8-9,16,20H,5,7,10-11H2. The second kappa shape index (κ2) is 6.06. The molecular formula is C17H17BrFN.